The van der Waals surface area contributed by atoms with Crippen molar-refractivity contribution in [3.63, 3.8) is 0 Å². The van der Waals surface area contributed by atoms with Crippen molar-refractivity contribution in [1.29, 1.82) is 5.26 Å². The molecular weight excluding hydrogens is 232 g/mol. The molecule has 0 radical (unpaired) electrons. The lowest BCUT2D eigenvalue weighted by molar-refractivity contribution is -0.140. The van der Waals surface area contributed by atoms with Crippen LogP contribution < -0.4 is 0 Å². The summed E-state index contributed by atoms with van der Waals surface area (Å²) in [7, 11) is -0.681. The lowest BCUT2D eigenvalue weighted by Gasteiger charge is -2.14. The van der Waals surface area contributed by atoms with E-state index in [-0.39, 0.29) is 31.6 Å². The van der Waals surface area contributed by atoms with Gasteiger partial charge in [0.05, 0.1) is 18.9 Å². The SMILES string of the molecule is COC(=O)CCCS(=O)(=O)N(C)CCC#N. The molecule has 0 bridgehead atoms. The molecule has 6 nitrogen and oxygen atoms in total. The van der Waals surface area contributed by atoms with Crippen molar-refractivity contribution in [3.05, 3.63) is 0 Å². The van der Waals surface area contributed by atoms with Crippen LogP contribution in [0.15, 0.2) is 0 Å². The molecule has 92 valence electrons. The molecule has 0 aliphatic rings. The van der Waals surface area contributed by atoms with Crippen LogP contribution >= 0.6 is 0 Å². The minimum Gasteiger partial charge on any atom is -0.469 e. The highest BCUT2D eigenvalue weighted by Gasteiger charge is 2.17. The molecule has 0 atom stereocenters. The Morgan fingerprint density at radius 1 is 1.50 bits per heavy atom. The number of hydrogen-bond donors (Lipinski definition) is 0. The van der Waals surface area contributed by atoms with Crippen LogP contribution in [0.2, 0.25) is 0 Å². The summed E-state index contributed by atoms with van der Waals surface area (Å²) < 4.78 is 28.7. The monoisotopic (exact) mass is 248 g/mol. The number of ether oxygens (including phenoxy) is 1. The quantitative estimate of drug-likeness (QED) is 0.597. The molecule has 0 fully saturated rings. The molecule has 0 heterocycles. The maximum atomic E-state index is 11.6. The van der Waals surface area contributed by atoms with Gasteiger partial charge in [0.2, 0.25) is 10.0 Å². The standard InChI is InChI=1S/C9H16N2O4S/c1-11(7-4-6-10)16(13,14)8-3-5-9(12)15-2/h3-5,7-8H2,1-2H3. The van der Waals surface area contributed by atoms with Crippen molar-refractivity contribution in [1.82, 2.24) is 4.31 Å². The van der Waals surface area contributed by atoms with Gasteiger partial charge in [-0.25, -0.2) is 12.7 Å². The molecule has 7 heteroatoms. The smallest absolute Gasteiger partial charge is 0.305 e. The van der Waals surface area contributed by atoms with Crippen molar-refractivity contribution >= 4 is 16.0 Å². The Morgan fingerprint density at radius 3 is 2.62 bits per heavy atom. The Labute approximate surface area is 95.8 Å². The van der Waals surface area contributed by atoms with Crippen LogP contribution in [0.4, 0.5) is 0 Å². The Morgan fingerprint density at radius 2 is 2.12 bits per heavy atom. The van der Waals surface area contributed by atoms with E-state index in [4.69, 9.17) is 5.26 Å². The fourth-order valence-electron chi connectivity index (χ4n) is 1.00. The third kappa shape index (κ3) is 5.68. The molecule has 0 saturated heterocycles. The highest BCUT2D eigenvalue weighted by atomic mass is 32.2. The van der Waals surface area contributed by atoms with Gasteiger partial charge >= 0.3 is 5.97 Å². The van der Waals surface area contributed by atoms with Crippen LogP contribution in [0.5, 0.6) is 0 Å². The minimum absolute atomic E-state index is 0.0851. The van der Waals surface area contributed by atoms with Crippen molar-refractivity contribution < 1.29 is 17.9 Å². The predicted molar refractivity (Wildman–Crippen MR) is 57.9 cm³/mol. The lowest BCUT2D eigenvalue weighted by Crippen LogP contribution is -2.30. The zero-order valence-corrected chi connectivity index (χ0v) is 10.3. The third-order valence-corrected chi connectivity index (χ3v) is 3.96. The van der Waals surface area contributed by atoms with Crippen molar-refractivity contribution in [2.24, 2.45) is 0 Å². The van der Waals surface area contributed by atoms with Gasteiger partial charge in [0.1, 0.15) is 0 Å². The second-order valence-electron chi connectivity index (χ2n) is 3.23. The van der Waals surface area contributed by atoms with Gasteiger partial charge in [0.25, 0.3) is 0 Å². The van der Waals surface area contributed by atoms with E-state index in [0.717, 1.165) is 4.31 Å². The van der Waals surface area contributed by atoms with E-state index in [9.17, 15) is 13.2 Å². The molecule has 0 N–H and O–H groups in total. The van der Waals surface area contributed by atoms with Gasteiger partial charge in [-0.3, -0.25) is 4.79 Å². The number of sulfonamides is 1. The first kappa shape index (κ1) is 14.9. The zero-order valence-electron chi connectivity index (χ0n) is 9.47. The van der Waals surface area contributed by atoms with E-state index in [1.54, 1.807) is 0 Å². The number of nitriles is 1. The largest absolute Gasteiger partial charge is 0.469 e. The fraction of sp³-hybridized carbons (Fsp3) is 0.778. The topological polar surface area (TPSA) is 87.5 Å². The maximum Gasteiger partial charge on any atom is 0.305 e. The highest BCUT2D eigenvalue weighted by Crippen LogP contribution is 2.03. The van der Waals surface area contributed by atoms with E-state index in [1.165, 1.54) is 14.2 Å². The summed E-state index contributed by atoms with van der Waals surface area (Å²) in [5.41, 5.74) is 0. The van der Waals surface area contributed by atoms with Gasteiger partial charge in [0.15, 0.2) is 0 Å². The van der Waals surface area contributed by atoms with E-state index < -0.39 is 16.0 Å². The molecule has 0 aliphatic heterocycles. The van der Waals surface area contributed by atoms with E-state index >= 15 is 0 Å². The first-order valence-electron chi connectivity index (χ1n) is 4.82. The molecule has 0 aromatic heterocycles. The van der Waals surface area contributed by atoms with Crippen LogP contribution in [0.25, 0.3) is 0 Å². The summed E-state index contributed by atoms with van der Waals surface area (Å²) in [5.74, 6) is -0.529. The van der Waals surface area contributed by atoms with Gasteiger partial charge in [-0.1, -0.05) is 0 Å². The summed E-state index contributed by atoms with van der Waals surface area (Å²) in [6.45, 7) is 0.178. The number of esters is 1. The predicted octanol–water partition coefficient (Wildman–Crippen LogP) is 0.115. The first-order chi connectivity index (χ1) is 7.44. The third-order valence-electron chi connectivity index (χ3n) is 2.02. The number of carbonyl (C=O) groups excluding carboxylic acids is 1. The summed E-state index contributed by atoms with van der Waals surface area (Å²) in [5, 5.41) is 8.33. The number of nitrogens with zero attached hydrogens (tertiary/aromatic N) is 2. The highest BCUT2D eigenvalue weighted by molar-refractivity contribution is 7.89. The normalized spacial score (nSPS) is 11.1. The second-order valence-corrected chi connectivity index (χ2v) is 5.42. The fourth-order valence-corrected chi connectivity index (χ4v) is 2.19. The van der Waals surface area contributed by atoms with Crippen LogP contribution in [-0.2, 0) is 19.6 Å². The van der Waals surface area contributed by atoms with Crippen molar-refractivity contribution in [2.45, 2.75) is 19.3 Å². The number of methoxy groups -OCH3 is 1. The van der Waals surface area contributed by atoms with Gasteiger partial charge < -0.3 is 4.74 Å². The molecule has 0 saturated carbocycles. The molecular formula is C9H16N2O4S. The van der Waals surface area contributed by atoms with Gasteiger partial charge in [0, 0.05) is 26.4 Å². The molecule has 0 amide bonds. The van der Waals surface area contributed by atoms with Crippen molar-refractivity contribution in [3.8, 4) is 6.07 Å². The van der Waals surface area contributed by atoms with Crippen LogP contribution in [0.1, 0.15) is 19.3 Å². The zero-order chi connectivity index (χ0) is 12.6. The van der Waals surface area contributed by atoms with E-state index in [0.29, 0.717) is 0 Å². The van der Waals surface area contributed by atoms with E-state index in [1.807, 2.05) is 6.07 Å². The summed E-state index contributed by atoms with van der Waals surface area (Å²) in [6.07, 6.45) is 0.473. The van der Waals surface area contributed by atoms with Gasteiger partial charge in [-0.2, -0.15) is 5.26 Å². The summed E-state index contributed by atoms with van der Waals surface area (Å²) in [4.78, 5) is 10.8. The lowest BCUT2D eigenvalue weighted by atomic mass is 10.3. The molecule has 0 aliphatic carbocycles. The molecule has 0 rings (SSSR count). The maximum absolute atomic E-state index is 11.6. The summed E-state index contributed by atoms with van der Waals surface area (Å²) in [6, 6.07) is 1.87. The number of carbonyl (C=O) groups is 1. The first-order valence-corrected chi connectivity index (χ1v) is 6.42. The Hall–Kier alpha value is -1.13. The Balaban J connectivity index is 4.05. The number of rotatable bonds is 7. The Kier molecular flexibility index (Phi) is 6.69. The van der Waals surface area contributed by atoms with Crippen LogP contribution in [-0.4, -0.2) is 45.1 Å². The molecule has 16 heavy (non-hydrogen) atoms. The van der Waals surface area contributed by atoms with Crippen LogP contribution in [0, 0.1) is 11.3 Å². The van der Waals surface area contributed by atoms with Gasteiger partial charge in [-0.15, -0.1) is 0 Å². The molecule has 0 unspecified atom stereocenters. The second kappa shape index (κ2) is 7.19. The van der Waals surface area contributed by atoms with Gasteiger partial charge in [-0.05, 0) is 6.42 Å². The molecule has 0 spiro atoms. The van der Waals surface area contributed by atoms with Crippen LogP contribution in [0.3, 0.4) is 0 Å². The average molecular weight is 248 g/mol. The minimum atomic E-state index is -3.36. The summed E-state index contributed by atoms with van der Waals surface area (Å²) >= 11 is 0. The van der Waals surface area contributed by atoms with Crippen molar-refractivity contribution in [2.75, 3.05) is 26.5 Å². The van der Waals surface area contributed by atoms with E-state index in [2.05, 4.69) is 4.74 Å². The Bertz CT molecular complexity index is 358. The molecule has 0 aromatic rings. The molecule has 0 aromatic carbocycles. The average Bonchev–Trinajstić information content (AvgIpc) is 2.25. The number of hydrogen-bond acceptors (Lipinski definition) is 5.